The molecular weight excluding hydrogens is 328 g/mol. The van der Waals surface area contributed by atoms with Gasteiger partial charge in [-0.05, 0) is 21.9 Å². The molecule has 0 amide bonds. The number of rotatable bonds is 2. The van der Waals surface area contributed by atoms with Gasteiger partial charge in [0.15, 0.2) is 0 Å². The van der Waals surface area contributed by atoms with E-state index in [0.29, 0.717) is 11.5 Å². The highest BCUT2D eigenvalue weighted by Gasteiger charge is 2.31. The van der Waals surface area contributed by atoms with E-state index in [1.807, 2.05) is 54.6 Å². The molecule has 27 heavy (non-hydrogen) atoms. The van der Waals surface area contributed by atoms with Crippen LogP contribution in [0.25, 0.3) is 55.7 Å². The summed E-state index contributed by atoms with van der Waals surface area (Å²) in [4.78, 5) is 0. The van der Waals surface area contributed by atoms with Crippen molar-refractivity contribution in [1.29, 1.82) is 0 Å². The number of hydrogen-bond acceptors (Lipinski definition) is 1. The average molecular weight is 349 g/mol. The number of fused-ring (bicyclic) bond motifs is 3. The van der Waals surface area contributed by atoms with Crippen LogP contribution in [0, 0.1) is 0 Å². The highest BCUT2D eigenvalue weighted by atomic mass is 16.3. The molecule has 126 valence electrons. The summed E-state index contributed by atoms with van der Waals surface area (Å²) in [5, 5.41) is 2.17. The summed E-state index contributed by atoms with van der Waals surface area (Å²) < 4.78 is 47.7. The Morgan fingerprint density at radius 3 is 1.89 bits per heavy atom. The summed E-state index contributed by atoms with van der Waals surface area (Å²) in [6.45, 7) is 0. The molecule has 0 radical (unpaired) electrons. The van der Waals surface area contributed by atoms with Gasteiger partial charge < -0.3 is 4.42 Å². The smallest absolute Gasteiger partial charge is 0.143 e. The first kappa shape index (κ1) is 10.5. The minimum absolute atomic E-state index is 0.0826. The van der Waals surface area contributed by atoms with Crippen LogP contribution in [0.4, 0.5) is 0 Å². The molecule has 4 aromatic carbocycles. The zero-order valence-corrected chi connectivity index (χ0v) is 14.3. The van der Waals surface area contributed by atoms with Gasteiger partial charge in [0, 0.05) is 22.3 Å². The molecule has 1 aromatic heterocycles. The van der Waals surface area contributed by atoms with E-state index in [2.05, 4.69) is 12.1 Å². The topological polar surface area (TPSA) is 13.1 Å². The van der Waals surface area contributed by atoms with E-state index < -0.39 is 6.04 Å². The second-order valence-electron chi connectivity index (χ2n) is 6.59. The summed E-state index contributed by atoms with van der Waals surface area (Å²) in [5.74, 6) is 0.936. The molecule has 0 unspecified atom stereocenters. The maximum atomic E-state index is 8.52. The van der Waals surface area contributed by atoms with Crippen molar-refractivity contribution in [1.82, 2.24) is 0 Å². The third-order valence-electron chi connectivity index (χ3n) is 5.11. The zero-order valence-electron chi connectivity index (χ0n) is 19.3. The standard InChI is InChI=1S/C26H16O/c1-3-9-18(10-4-1)25-23-20-15-7-13-17-14-8-16-21(22(17)20)24(23)26(27-25)19-11-5-2-6-12-19/h1-16H/i1D,3D,4D,9D,10D. The van der Waals surface area contributed by atoms with E-state index in [9.17, 15) is 0 Å². The summed E-state index contributed by atoms with van der Waals surface area (Å²) in [6.07, 6.45) is 0. The first-order chi connectivity index (χ1) is 15.5. The quantitative estimate of drug-likeness (QED) is 0.317. The van der Waals surface area contributed by atoms with Gasteiger partial charge in [0.25, 0.3) is 0 Å². The summed E-state index contributed by atoms with van der Waals surface area (Å²) >= 11 is 0. The largest absolute Gasteiger partial charge is 0.455 e. The van der Waals surface area contributed by atoms with Crippen LogP contribution in [0.3, 0.4) is 0 Å². The van der Waals surface area contributed by atoms with Crippen LogP contribution in [-0.4, -0.2) is 0 Å². The van der Waals surface area contributed by atoms with Gasteiger partial charge in [-0.3, -0.25) is 0 Å². The van der Waals surface area contributed by atoms with Crippen molar-refractivity contribution in [2.24, 2.45) is 0 Å². The summed E-state index contributed by atoms with van der Waals surface area (Å²) in [7, 11) is 0. The number of furan rings is 1. The highest BCUT2D eigenvalue weighted by molar-refractivity contribution is 6.20. The molecule has 0 aliphatic heterocycles. The van der Waals surface area contributed by atoms with Crippen LogP contribution in [0.2, 0.25) is 0 Å². The predicted molar refractivity (Wildman–Crippen MR) is 112 cm³/mol. The molecule has 0 atom stereocenters. The van der Waals surface area contributed by atoms with Gasteiger partial charge in [-0.25, -0.2) is 0 Å². The lowest BCUT2D eigenvalue weighted by molar-refractivity contribution is 0.598. The van der Waals surface area contributed by atoms with Crippen molar-refractivity contribution >= 4 is 10.8 Å². The van der Waals surface area contributed by atoms with E-state index in [1.165, 1.54) is 0 Å². The van der Waals surface area contributed by atoms with Crippen LogP contribution < -0.4 is 0 Å². The van der Waals surface area contributed by atoms with Gasteiger partial charge in [-0.15, -0.1) is 0 Å². The molecule has 5 aromatic rings. The molecule has 1 heteroatoms. The molecule has 1 aliphatic carbocycles. The molecule has 0 spiro atoms. The van der Waals surface area contributed by atoms with Crippen molar-refractivity contribution in [2.45, 2.75) is 0 Å². The Hall–Kier alpha value is -3.58. The molecule has 0 N–H and O–H groups in total. The first-order valence-corrected chi connectivity index (χ1v) is 8.81. The summed E-state index contributed by atoms with van der Waals surface area (Å²) in [5.41, 5.74) is 4.58. The number of hydrogen-bond donors (Lipinski definition) is 0. The lowest BCUT2D eigenvalue weighted by atomic mass is 9.99. The monoisotopic (exact) mass is 349 g/mol. The molecule has 0 saturated carbocycles. The summed E-state index contributed by atoms with van der Waals surface area (Å²) in [6, 6.07) is 20.1. The van der Waals surface area contributed by atoms with E-state index in [4.69, 9.17) is 11.3 Å². The van der Waals surface area contributed by atoms with Crippen LogP contribution in [0.15, 0.2) is 101 Å². The predicted octanol–water partition coefficient (Wildman–Crippen LogP) is 7.41. The number of benzene rings is 4. The molecule has 1 heterocycles. The van der Waals surface area contributed by atoms with Gasteiger partial charge in [-0.2, -0.15) is 0 Å². The van der Waals surface area contributed by atoms with Gasteiger partial charge in [0.2, 0.25) is 0 Å². The van der Waals surface area contributed by atoms with Gasteiger partial charge in [-0.1, -0.05) is 96.9 Å². The maximum absolute atomic E-state index is 8.52. The van der Waals surface area contributed by atoms with E-state index in [-0.39, 0.29) is 29.7 Å². The van der Waals surface area contributed by atoms with Crippen LogP contribution in [0.1, 0.15) is 6.85 Å². The molecule has 6 rings (SSSR count). The Morgan fingerprint density at radius 1 is 0.593 bits per heavy atom. The Morgan fingerprint density at radius 2 is 1.22 bits per heavy atom. The fourth-order valence-electron chi connectivity index (χ4n) is 4.04. The highest BCUT2D eigenvalue weighted by Crippen LogP contribution is 2.56. The molecule has 0 fully saturated rings. The van der Waals surface area contributed by atoms with Crippen LogP contribution in [-0.2, 0) is 0 Å². The van der Waals surface area contributed by atoms with E-state index >= 15 is 0 Å². The minimum atomic E-state index is -0.416. The molecular formula is C26H16O. The fourth-order valence-corrected chi connectivity index (χ4v) is 4.04. The second kappa shape index (κ2) is 5.46. The minimum Gasteiger partial charge on any atom is -0.455 e. The lowest BCUT2D eigenvalue weighted by Gasteiger charge is -2.06. The van der Waals surface area contributed by atoms with Crippen LogP contribution in [0.5, 0.6) is 0 Å². The first-order valence-electron chi connectivity index (χ1n) is 11.3. The Balaban J connectivity index is 1.79. The third kappa shape index (κ3) is 2.00. The van der Waals surface area contributed by atoms with Gasteiger partial charge in [0.1, 0.15) is 11.5 Å². The fraction of sp³-hybridized carbons (Fsp3) is 0. The SMILES string of the molecule is [2H]c1c([2H])c([2H])c(-c2oc(-c3ccccc3)c3c2-c2cccc4cccc-3c24)c([2H])c1[2H]. The molecule has 1 aliphatic rings. The average Bonchev–Trinajstić information content (AvgIpc) is 3.36. The van der Waals surface area contributed by atoms with Gasteiger partial charge >= 0.3 is 0 Å². The van der Waals surface area contributed by atoms with Crippen LogP contribution >= 0.6 is 0 Å². The van der Waals surface area contributed by atoms with E-state index in [1.54, 1.807) is 0 Å². The molecule has 0 bridgehead atoms. The zero-order chi connectivity index (χ0) is 22.1. The molecule has 1 nitrogen and oxygen atoms in total. The second-order valence-corrected chi connectivity index (χ2v) is 6.59. The van der Waals surface area contributed by atoms with Crippen molar-refractivity contribution in [3.05, 3.63) is 96.9 Å². The van der Waals surface area contributed by atoms with Crippen molar-refractivity contribution in [3.8, 4) is 44.9 Å². The normalized spacial score (nSPS) is 14.3. The van der Waals surface area contributed by atoms with Crippen molar-refractivity contribution in [2.75, 3.05) is 0 Å². The Kier molecular flexibility index (Phi) is 2.13. The Bertz CT molecular complexity index is 1530. The third-order valence-corrected chi connectivity index (χ3v) is 5.11. The van der Waals surface area contributed by atoms with Gasteiger partial charge in [0.05, 0.1) is 6.85 Å². The molecule has 0 saturated heterocycles. The lowest BCUT2D eigenvalue weighted by Crippen LogP contribution is -1.80. The van der Waals surface area contributed by atoms with E-state index in [0.717, 1.165) is 38.6 Å². The maximum Gasteiger partial charge on any atom is 0.143 e. The van der Waals surface area contributed by atoms with Crippen molar-refractivity contribution in [3.63, 3.8) is 0 Å². The van der Waals surface area contributed by atoms with Crippen molar-refractivity contribution < 1.29 is 11.3 Å². The Labute approximate surface area is 164 Å².